The van der Waals surface area contributed by atoms with E-state index in [1.807, 2.05) is 37.3 Å². The molecule has 0 bridgehead atoms. The maximum atomic E-state index is 12.1. The lowest BCUT2D eigenvalue weighted by atomic mass is 10.2. The minimum Gasteiger partial charge on any atom is -0.444 e. The van der Waals surface area contributed by atoms with E-state index in [2.05, 4.69) is 23.1 Å². The van der Waals surface area contributed by atoms with Crippen LogP contribution in [0, 0.1) is 13.8 Å². The first-order valence-electron chi connectivity index (χ1n) is 9.19. The molecule has 0 unspecified atom stereocenters. The fourth-order valence-electron chi connectivity index (χ4n) is 2.86. The highest BCUT2D eigenvalue weighted by atomic mass is 16.6. The topological polar surface area (TPSA) is 89.0 Å². The quantitative estimate of drug-likeness (QED) is 0.499. The molecular formula is C18H32N6O2. The zero-order valence-electron chi connectivity index (χ0n) is 16.7. The lowest BCUT2D eigenvalue weighted by Gasteiger charge is -2.36. The van der Waals surface area contributed by atoms with Gasteiger partial charge in [-0.25, -0.2) is 4.79 Å². The molecule has 8 nitrogen and oxygen atoms in total. The third kappa shape index (κ3) is 5.93. The SMILES string of the molecule is Cc1cc(C)n(CCCN=C(N)N2CCN(C(=O)OC(C)(C)C)CC2)n1. The Morgan fingerprint density at radius 2 is 1.85 bits per heavy atom. The third-order valence-electron chi connectivity index (χ3n) is 4.16. The van der Waals surface area contributed by atoms with Gasteiger partial charge in [0.2, 0.25) is 0 Å². The number of hydrogen-bond acceptors (Lipinski definition) is 4. The van der Waals surface area contributed by atoms with Gasteiger partial charge in [-0.05, 0) is 47.1 Å². The van der Waals surface area contributed by atoms with E-state index in [-0.39, 0.29) is 6.09 Å². The number of carbonyl (C=O) groups is 1. The first-order chi connectivity index (χ1) is 12.2. The predicted molar refractivity (Wildman–Crippen MR) is 102 cm³/mol. The van der Waals surface area contributed by atoms with Gasteiger partial charge in [0.25, 0.3) is 0 Å². The van der Waals surface area contributed by atoms with Gasteiger partial charge in [-0.2, -0.15) is 5.10 Å². The highest BCUT2D eigenvalue weighted by molar-refractivity contribution is 5.78. The Balaban J connectivity index is 1.73. The summed E-state index contributed by atoms with van der Waals surface area (Å²) in [5, 5.41) is 4.44. The lowest BCUT2D eigenvalue weighted by Crippen LogP contribution is -2.53. The number of nitrogens with two attached hydrogens (primary N) is 1. The zero-order valence-corrected chi connectivity index (χ0v) is 16.7. The van der Waals surface area contributed by atoms with Gasteiger partial charge < -0.3 is 20.3 Å². The monoisotopic (exact) mass is 364 g/mol. The third-order valence-corrected chi connectivity index (χ3v) is 4.16. The summed E-state index contributed by atoms with van der Waals surface area (Å²) < 4.78 is 7.41. The number of ether oxygens (including phenoxy) is 1. The highest BCUT2D eigenvalue weighted by Crippen LogP contribution is 2.12. The standard InChI is InChI=1S/C18H32N6O2/c1-14-13-15(2)24(21-14)8-6-7-20-16(19)22-9-11-23(12-10-22)17(25)26-18(3,4)5/h13H,6-12H2,1-5H3,(H2,19,20). The van der Waals surface area contributed by atoms with Gasteiger partial charge >= 0.3 is 6.09 Å². The molecule has 0 spiro atoms. The van der Waals surface area contributed by atoms with Gasteiger partial charge in [0.15, 0.2) is 5.96 Å². The summed E-state index contributed by atoms with van der Waals surface area (Å²) in [6, 6.07) is 2.07. The molecule has 0 radical (unpaired) electrons. The van der Waals surface area contributed by atoms with Crippen molar-refractivity contribution in [1.29, 1.82) is 0 Å². The van der Waals surface area contributed by atoms with Crippen LogP contribution in [0.3, 0.4) is 0 Å². The molecule has 8 heteroatoms. The van der Waals surface area contributed by atoms with E-state index in [0.717, 1.165) is 24.4 Å². The largest absolute Gasteiger partial charge is 0.444 e. The molecule has 0 aromatic carbocycles. The minimum atomic E-state index is -0.472. The van der Waals surface area contributed by atoms with Crippen molar-refractivity contribution in [2.45, 2.75) is 53.2 Å². The van der Waals surface area contributed by atoms with E-state index in [1.165, 1.54) is 0 Å². The van der Waals surface area contributed by atoms with E-state index in [9.17, 15) is 4.79 Å². The van der Waals surface area contributed by atoms with Gasteiger partial charge in [0, 0.05) is 45.0 Å². The number of rotatable bonds is 4. The Morgan fingerprint density at radius 1 is 1.23 bits per heavy atom. The number of guanidine groups is 1. The summed E-state index contributed by atoms with van der Waals surface area (Å²) in [6.07, 6.45) is 0.623. The van der Waals surface area contributed by atoms with Crippen LogP contribution in [0.1, 0.15) is 38.6 Å². The summed E-state index contributed by atoms with van der Waals surface area (Å²) in [5.41, 5.74) is 7.83. The molecule has 1 saturated heterocycles. The fraction of sp³-hybridized carbons (Fsp3) is 0.722. The molecule has 2 N–H and O–H groups in total. The van der Waals surface area contributed by atoms with Gasteiger partial charge in [-0.15, -0.1) is 0 Å². The lowest BCUT2D eigenvalue weighted by molar-refractivity contribution is 0.0186. The molecule has 1 fully saturated rings. The Hall–Kier alpha value is -2.25. The number of piperazine rings is 1. The van der Waals surface area contributed by atoms with E-state index in [4.69, 9.17) is 10.5 Å². The van der Waals surface area contributed by atoms with Gasteiger partial charge in [-0.3, -0.25) is 9.67 Å². The first kappa shape index (κ1) is 20.1. The van der Waals surface area contributed by atoms with Gasteiger partial charge in [-0.1, -0.05) is 0 Å². The smallest absolute Gasteiger partial charge is 0.410 e. The normalized spacial score (nSPS) is 16.1. The Morgan fingerprint density at radius 3 is 2.38 bits per heavy atom. The van der Waals surface area contributed by atoms with Crippen molar-refractivity contribution in [2.24, 2.45) is 10.7 Å². The molecule has 1 amide bonds. The molecule has 2 heterocycles. The Kier molecular flexibility index (Phi) is 6.50. The van der Waals surface area contributed by atoms with Crippen LogP contribution in [0.15, 0.2) is 11.1 Å². The molecule has 0 atom stereocenters. The molecule has 1 aromatic rings. The number of aromatic nitrogens is 2. The highest BCUT2D eigenvalue weighted by Gasteiger charge is 2.26. The van der Waals surface area contributed by atoms with E-state index in [1.54, 1.807) is 4.90 Å². The van der Waals surface area contributed by atoms with Crippen molar-refractivity contribution in [2.75, 3.05) is 32.7 Å². The molecule has 0 saturated carbocycles. The van der Waals surface area contributed by atoms with Crippen LogP contribution >= 0.6 is 0 Å². The van der Waals surface area contributed by atoms with Crippen LogP contribution in [0.5, 0.6) is 0 Å². The van der Waals surface area contributed by atoms with Crippen molar-refractivity contribution < 1.29 is 9.53 Å². The van der Waals surface area contributed by atoms with Crippen LogP contribution in [-0.2, 0) is 11.3 Å². The van der Waals surface area contributed by atoms with Crippen LogP contribution < -0.4 is 5.73 Å². The molecular weight excluding hydrogens is 332 g/mol. The second-order valence-electron chi connectivity index (χ2n) is 7.70. The average Bonchev–Trinajstić information content (AvgIpc) is 2.87. The van der Waals surface area contributed by atoms with Crippen LogP contribution in [0.4, 0.5) is 4.79 Å². The van der Waals surface area contributed by atoms with Crippen molar-refractivity contribution in [3.63, 3.8) is 0 Å². The van der Waals surface area contributed by atoms with Crippen molar-refractivity contribution >= 4 is 12.1 Å². The number of hydrogen-bond donors (Lipinski definition) is 1. The summed E-state index contributed by atoms with van der Waals surface area (Å²) in [6.45, 7) is 13.7. The van der Waals surface area contributed by atoms with E-state index >= 15 is 0 Å². The molecule has 1 aliphatic rings. The van der Waals surface area contributed by atoms with Crippen molar-refractivity contribution in [3.05, 3.63) is 17.5 Å². The fourth-order valence-corrected chi connectivity index (χ4v) is 2.86. The van der Waals surface area contributed by atoms with Crippen LogP contribution in [-0.4, -0.2) is 70.0 Å². The molecule has 146 valence electrons. The minimum absolute atomic E-state index is 0.266. The number of aliphatic imine (C=N–C) groups is 1. The Bertz CT molecular complexity index is 639. The van der Waals surface area contributed by atoms with Crippen molar-refractivity contribution in [3.8, 4) is 0 Å². The predicted octanol–water partition coefficient (Wildman–Crippen LogP) is 1.76. The van der Waals surface area contributed by atoms with Crippen LogP contribution in [0.25, 0.3) is 0 Å². The number of aryl methyl sites for hydroxylation is 3. The zero-order chi connectivity index (χ0) is 19.3. The summed E-state index contributed by atoms with van der Waals surface area (Å²) >= 11 is 0. The maximum absolute atomic E-state index is 12.1. The molecule has 1 aliphatic heterocycles. The summed E-state index contributed by atoms with van der Waals surface area (Å²) in [4.78, 5) is 20.3. The molecule has 2 rings (SSSR count). The first-order valence-corrected chi connectivity index (χ1v) is 9.19. The number of nitrogens with zero attached hydrogens (tertiary/aromatic N) is 5. The second-order valence-corrected chi connectivity index (χ2v) is 7.70. The van der Waals surface area contributed by atoms with Gasteiger partial charge in [0.1, 0.15) is 5.60 Å². The summed E-state index contributed by atoms with van der Waals surface area (Å²) in [5.74, 6) is 0.544. The van der Waals surface area contributed by atoms with Crippen molar-refractivity contribution in [1.82, 2.24) is 19.6 Å². The molecule has 0 aliphatic carbocycles. The second kappa shape index (κ2) is 8.42. The van der Waals surface area contributed by atoms with Gasteiger partial charge in [0.05, 0.1) is 5.69 Å². The van der Waals surface area contributed by atoms with E-state index in [0.29, 0.717) is 38.7 Å². The average molecular weight is 364 g/mol. The summed E-state index contributed by atoms with van der Waals surface area (Å²) in [7, 11) is 0. The number of amides is 1. The molecule has 26 heavy (non-hydrogen) atoms. The maximum Gasteiger partial charge on any atom is 0.410 e. The number of carbonyl (C=O) groups excluding carboxylic acids is 1. The Labute approximate surface area is 156 Å². The van der Waals surface area contributed by atoms with Crippen LogP contribution in [0.2, 0.25) is 0 Å². The van der Waals surface area contributed by atoms with E-state index < -0.39 is 5.60 Å². The molecule has 1 aromatic heterocycles.